The maximum absolute atomic E-state index is 4.39. The highest BCUT2D eigenvalue weighted by Crippen LogP contribution is 2.36. The Kier molecular flexibility index (Phi) is 7.15. The molecule has 8 aromatic rings. The van der Waals surface area contributed by atoms with Gasteiger partial charge in [-0.25, -0.2) is 4.68 Å². The van der Waals surface area contributed by atoms with Crippen LogP contribution in [0.2, 0.25) is 0 Å². The first-order chi connectivity index (χ1) is 23.1. The van der Waals surface area contributed by atoms with Gasteiger partial charge in [0.25, 0.3) is 0 Å². The molecule has 3 heterocycles. The molecule has 0 unspecified atom stereocenters. The Morgan fingerprint density at radius 2 is 0.787 bits per heavy atom. The number of aromatic nitrogens is 6. The summed E-state index contributed by atoms with van der Waals surface area (Å²) in [5.74, 6) is 0. The SMILES string of the molecule is Cn1nccc1-c1cccc(-c2ccc(-c3cc(-c4ccc(-n5cccn5)cc4)cc(-c4cccc(-c5ccnn5C)c4)c3)cc2)c1. The molecular weight excluding hydrogens is 576 g/mol. The molecule has 0 radical (unpaired) electrons. The number of hydrogen-bond donors (Lipinski definition) is 0. The van der Waals surface area contributed by atoms with Crippen molar-refractivity contribution < 1.29 is 0 Å². The van der Waals surface area contributed by atoms with Crippen molar-refractivity contribution in [3.63, 3.8) is 0 Å². The van der Waals surface area contributed by atoms with E-state index in [1.807, 2.05) is 58.9 Å². The molecule has 226 valence electrons. The Labute approximate surface area is 273 Å². The van der Waals surface area contributed by atoms with Crippen molar-refractivity contribution in [2.24, 2.45) is 14.1 Å². The summed E-state index contributed by atoms with van der Waals surface area (Å²) in [6.07, 6.45) is 7.43. The van der Waals surface area contributed by atoms with Gasteiger partial charge in [-0.05, 0) is 105 Å². The Morgan fingerprint density at radius 3 is 1.26 bits per heavy atom. The van der Waals surface area contributed by atoms with Crippen LogP contribution in [0.15, 0.2) is 158 Å². The van der Waals surface area contributed by atoms with Crippen molar-refractivity contribution in [3.05, 3.63) is 158 Å². The molecule has 5 aromatic carbocycles. The normalized spacial score (nSPS) is 11.2. The molecule has 0 atom stereocenters. The van der Waals surface area contributed by atoms with Gasteiger partial charge >= 0.3 is 0 Å². The Hall–Kier alpha value is -6.27. The highest BCUT2D eigenvalue weighted by Gasteiger charge is 2.11. The molecule has 8 rings (SSSR count). The lowest BCUT2D eigenvalue weighted by Gasteiger charge is -2.13. The van der Waals surface area contributed by atoms with Gasteiger partial charge in [0.05, 0.1) is 17.1 Å². The van der Waals surface area contributed by atoms with Crippen LogP contribution in [0.1, 0.15) is 0 Å². The van der Waals surface area contributed by atoms with Gasteiger partial charge in [-0.1, -0.05) is 72.8 Å². The van der Waals surface area contributed by atoms with Gasteiger partial charge in [-0.15, -0.1) is 0 Å². The standard InChI is InChI=1S/C41H32N6/c1-45-40(18-21-42-45)34-8-3-6-32(24-34)29-10-12-30(13-11-29)36-26-37(31-14-16-39(17-15-31)47-23-5-20-44-47)28-38(27-36)33-7-4-9-35(25-33)41-19-22-43-46(41)2/h3-28H,1-2H3. The average molecular weight is 609 g/mol. The summed E-state index contributed by atoms with van der Waals surface area (Å²) in [4.78, 5) is 0. The van der Waals surface area contributed by atoms with Crippen LogP contribution in [0.4, 0.5) is 0 Å². The van der Waals surface area contributed by atoms with Gasteiger partial charge in [0.15, 0.2) is 0 Å². The van der Waals surface area contributed by atoms with E-state index in [9.17, 15) is 0 Å². The molecule has 3 aromatic heterocycles. The molecule has 0 spiro atoms. The van der Waals surface area contributed by atoms with Crippen molar-refractivity contribution in [3.8, 4) is 72.7 Å². The fourth-order valence-electron chi connectivity index (χ4n) is 6.24. The first-order valence-electron chi connectivity index (χ1n) is 15.6. The molecule has 6 nitrogen and oxygen atoms in total. The summed E-state index contributed by atoms with van der Waals surface area (Å²) in [7, 11) is 3.95. The molecule has 47 heavy (non-hydrogen) atoms. The van der Waals surface area contributed by atoms with E-state index >= 15 is 0 Å². The maximum Gasteiger partial charge on any atom is 0.0679 e. The Balaban J connectivity index is 1.19. The second-order valence-electron chi connectivity index (χ2n) is 11.7. The van der Waals surface area contributed by atoms with Crippen LogP contribution < -0.4 is 0 Å². The van der Waals surface area contributed by atoms with E-state index in [1.54, 1.807) is 6.20 Å². The van der Waals surface area contributed by atoms with E-state index in [-0.39, 0.29) is 0 Å². The van der Waals surface area contributed by atoms with Gasteiger partial charge in [0.2, 0.25) is 0 Å². The van der Waals surface area contributed by atoms with E-state index < -0.39 is 0 Å². The van der Waals surface area contributed by atoms with Crippen molar-refractivity contribution in [1.29, 1.82) is 0 Å². The van der Waals surface area contributed by atoms with Crippen LogP contribution in [0.25, 0.3) is 72.7 Å². The van der Waals surface area contributed by atoms with Crippen LogP contribution in [-0.4, -0.2) is 29.3 Å². The van der Waals surface area contributed by atoms with E-state index in [2.05, 4.69) is 137 Å². The third kappa shape index (κ3) is 5.57. The van der Waals surface area contributed by atoms with Crippen LogP contribution in [0.5, 0.6) is 0 Å². The first-order valence-corrected chi connectivity index (χ1v) is 15.6. The van der Waals surface area contributed by atoms with Crippen molar-refractivity contribution >= 4 is 0 Å². The largest absolute Gasteiger partial charge is 0.268 e. The molecule has 6 heteroatoms. The lowest BCUT2D eigenvalue weighted by Crippen LogP contribution is -1.94. The van der Waals surface area contributed by atoms with Gasteiger partial charge in [-0.3, -0.25) is 9.36 Å². The minimum atomic E-state index is 1.03. The van der Waals surface area contributed by atoms with Crippen molar-refractivity contribution in [1.82, 2.24) is 29.3 Å². The lowest BCUT2D eigenvalue weighted by atomic mass is 9.92. The summed E-state index contributed by atoms with van der Waals surface area (Å²) >= 11 is 0. The van der Waals surface area contributed by atoms with Crippen molar-refractivity contribution in [2.45, 2.75) is 0 Å². The van der Waals surface area contributed by atoms with Crippen LogP contribution in [0, 0.1) is 0 Å². The number of nitrogens with zero attached hydrogens (tertiary/aromatic N) is 6. The predicted molar refractivity (Wildman–Crippen MR) is 190 cm³/mol. The third-order valence-electron chi connectivity index (χ3n) is 8.75. The van der Waals surface area contributed by atoms with E-state index in [0.717, 1.165) is 61.6 Å². The molecule has 0 N–H and O–H groups in total. The quantitative estimate of drug-likeness (QED) is 0.181. The summed E-state index contributed by atoms with van der Waals surface area (Å²) in [6, 6.07) is 47.7. The first kappa shape index (κ1) is 28.2. The molecule has 0 bridgehead atoms. The van der Waals surface area contributed by atoms with Gasteiger partial charge in [0.1, 0.15) is 0 Å². The highest BCUT2D eigenvalue weighted by molar-refractivity contribution is 5.83. The fourth-order valence-corrected chi connectivity index (χ4v) is 6.24. The fraction of sp³-hybridized carbons (Fsp3) is 0.0488. The molecule has 0 saturated carbocycles. The number of aryl methyl sites for hydroxylation is 2. The molecule has 0 aliphatic carbocycles. The van der Waals surface area contributed by atoms with Crippen LogP contribution in [-0.2, 0) is 14.1 Å². The highest BCUT2D eigenvalue weighted by atomic mass is 15.3. The summed E-state index contributed by atoms with van der Waals surface area (Å²) in [5, 5.41) is 13.1. The second kappa shape index (κ2) is 11.9. The van der Waals surface area contributed by atoms with E-state index in [4.69, 9.17) is 0 Å². The Morgan fingerprint density at radius 1 is 0.362 bits per heavy atom. The summed E-state index contributed by atoms with van der Waals surface area (Å²) in [6.45, 7) is 0. The van der Waals surface area contributed by atoms with Crippen molar-refractivity contribution in [2.75, 3.05) is 0 Å². The predicted octanol–water partition coefficient (Wildman–Crippen LogP) is 9.34. The molecule has 0 fully saturated rings. The van der Waals surface area contributed by atoms with Gasteiger partial charge < -0.3 is 0 Å². The van der Waals surface area contributed by atoms with E-state index in [1.165, 1.54) is 11.1 Å². The number of benzene rings is 5. The zero-order valence-corrected chi connectivity index (χ0v) is 26.2. The number of rotatable bonds is 7. The van der Waals surface area contributed by atoms with Crippen LogP contribution in [0.3, 0.4) is 0 Å². The van der Waals surface area contributed by atoms with E-state index in [0.29, 0.717) is 0 Å². The Bertz CT molecular complexity index is 2310. The van der Waals surface area contributed by atoms with Crippen LogP contribution >= 0.6 is 0 Å². The average Bonchev–Trinajstić information content (AvgIpc) is 3.92. The smallest absolute Gasteiger partial charge is 0.0679 e. The second-order valence-corrected chi connectivity index (χ2v) is 11.7. The van der Waals surface area contributed by atoms with Gasteiger partial charge in [-0.2, -0.15) is 15.3 Å². The summed E-state index contributed by atoms with van der Waals surface area (Å²) < 4.78 is 5.70. The summed E-state index contributed by atoms with van der Waals surface area (Å²) in [5.41, 5.74) is 14.8. The molecule has 0 aliphatic rings. The molecule has 0 aliphatic heterocycles. The lowest BCUT2D eigenvalue weighted by molar-refractivity contribution is 0.776. The minimum absolute atomic E-state index is 1.03. The minimum Gasteiger partial charge on any atom is -0.268 e. The zero-order chi connectivity index (χ0) is 31.7. The molecule has 0 amide bonds. The topological polar surface area (TPSA) is 53.5 Å². The van der Waals surface area contributed by atoms with Gasteiger partial charge in [0, 0.05) is 50.0 Å². The monoisotopic (exact) mass is 608 g/mol. The number of hydrogen-bond acceptors (Lipinski definition) is 3. The third-order valence-corrected chi connectivity index (χ3v) is 8.75. The zero-order valence-electron chi connectivity index (χ0n) is 26.2. The molecular formula is C41H32N6. The molecule has 0 saturated heterocycles. The maximum atomic E-state index is 4.39.